The molecule has 1 amide bonds. The SMILES string of the molecule is CC1CCc2[nH]nc(C(=O)N3CC(c4ccc(F)cc4)CC3C)c2C1. The number of carbonyl (C=O) groups is 1. The van der Waals surface area contributed by atoms with Gasteiger partial charge in [-0.15, -0.1) is 0 Å². The first-order chi connectivity index (χ1) is 12.0. The molecule has 2 aromatic rings. The predicted octanol–water partition coefficient (Wildman–Crippen LogP) is 3.69. The highest BCUT2D eigenvalue weighted by atomic mass is 19.1. The molecule has 4 nitrogen and oxygen atoms in total. The van der Waals surface area contributed by atoms with E-state index in [9.17, 15) is 9.18 Å². The van der Waals surface area contributed by atoms with E-state index < -0.39 is 0 Å². The number of fused-ring (bicyclic) bond motifs is 1. The summed E-state index contributed by atoms with van der Waals surface area (Å²) < 4.78 is 13.2. The van der Waals surface area contributed by atoms with Crippen molar-refractivity contribution in [1.82, 2.24) is 15.1 Å². The van der Waals surface area contributed by atoms with Crippen molar-refractivity contribution >= 4 is 5.91 Å². The number of H-pyrrole nitrogens is 1. The maximum Gasteiger partial charge on any atom is 0.274 e. The molecule has 2 aliphatic rings. The Hall–Kier alpha value is -2.17. The van der Waals surface area contributed by atoms with Gasteiger partial charge in [0.1, 0.15) is 5.82 Å². The fourth-order valence-electron chi connectivity index (χ4n) is 4.27. The lowest BCUT2D eigenvalue weighted by atomic mass is 9.87. The van der Waals surface area contributed by atoms with E-state index in [1.54, 1.807) is 0 Å². The summed E-state index contributed by atoms with van der Waals surface area (Å²) in [6.07, 6.45) is 3.96. The molecule has 1 N–H and O–H groups in total. The van der Waals surface area contributed by atoms with Crippen LogP contribution in [0.3, 0.4) is 0 Å². The van der Waals surface area contributed by atoms with Crippen molar-refractivity contribution in [2.75, 3.05) is 6.54 Å². The lowest BCUT2D eigenvalue weighted by molar-refractivity contribution is 0.0738. The Balaban J connectivity index is 1.55. The average Bonchev–Trinajstić information content (AvgIpc) is 3.18. The van der Waals surface area contributed by atoms with Gasteiger partial charge in [0.05, 0.1) is 0 Å². The highest BCUT2D eigenvalue weighted by Gasteiger charge is 2.36. The Morgan fingerprint density at radius 2 is 2.04 bits per heavy atom. The number of aromatic nitrogens is 2. The summed E-state index contributed by atoms with van der Waals surface area (Å²) >= 11 is 0. The van der Waals surface area contributed by atoms with Gasteiger partial charge in [0.2, 0.25) is 0 Å². The van der Waals surface area contributed by atoms with Gasteiger partial charge in [0.25, 0.3) is 5.91 Å². The predicted molar refractivity (Wildman–Crippen MR) is 94.0 cm³/mol. The second-order valence-electron chi connectivity index (χ2n) is 7.67. The van der Waals surface area contributed by atoms with E-state index in [1.807, 2.05) is 17.0 Å². The Bertz CT molecular complexity index is 783. The number of rotatable bonds is 2. The molecule has 0 bridgehead atoms. The molecule has 4 rings (SSSR count). The van der Waals surface area contributed by atoms with Crippen molar-refractivity contribution in [3.05, 3.63) is 52.6 Å². The molecule has 0 saturated carbocycles. The van der Waals surface area contributed by atoms with Gasteiger partial charge >= 0.3 is 0 Å². The fraction of sp³-hybridized carbons (Fsp3) is 0.500. The second kappa shape index (κ2) is 6.28. The van der Waals surface area contributed by atoms with Gasteiger partial charge in [-0.1, -0.05) is 19.1 Å². The van der Waals surface area contributed by atoms with E-state index in [0.717, 1.165) is 42.5 Å². The van der Waals surface area contributed by atoms with Gasteiger partial charge in [-0.3, -0.25) is 9.89 Å². The van der Waals surface area contributed by atoms with Crippen LogP contribution in [0.4, 0.5) is 4.39 Å². The molecule has 0 spiro atoms. The molecule has 1 aromatic heterocycles. The van der Waals surface area contributed by atoms with Gasteiger partial charge in [0, 0.05) is 29.8 Å². The van der Waals surface area contributed by atoms with Crippen molar-refractivity contribution in [3.8, 4) is 0 Å². The van der Waals surface area contributed by atoms with Gasteiger partial charge in [0.15, 0.2) is 5.69 Å². The van der Waals surface area contributed by atoms with Crippen LogP contribution in [0, 0.1) is 11.7 Å². The molecule has 1 fully saturated rings. The molecule has 1 aromatic carbocycles. The van der Waals surface area contributed by atoms with Crippen LogP contribution in [0.2, 0.25) is 0 Å². The Kier molecular flexibility index (Phi) is 4.10. The maximum atomic E-state index is 13.2. The van der Waals surface area contributed by atoms with E-state index in [4.69, 9.17) is 0 Å². The highest BCUT2D eigenvalue weighted by molar-refractivity contribution is 5.94. The molecule has 3 unspecified atom stereocenters. The molecule has 2 heterocycles. The molecule has 3 atom stereocenters. The third-order valence-electron chi connectivity index (χ3n) is 5.77. The van der Waals surface area contributed by atoms with Crippen molar-refractivity contribution in [3.63, 3.8) is 0 Å². The van der Waals surface area contributed by atoms with Crippen LogP contribution in [-0.4, -0.2) is 33.6 Å². The van der Waals surface area contributed by atoms with Gasteiger partial charge in [-0.05, 0) is 56.2 Å². The van der Waals surface area contributed by atoms with Gasteiger partial charge in [-0.2, -0.15) is 5.10 Å². The summed E-state index contributed by atoms with van der Waals surface area (Å²) in [6, 6.07) is 6.82. The van der Waals surface area contributed by atoms with E-state index in [0.29, 0.717) is 18.2 Å². The number of halogens is 1. The summed E-state index contributed by atoms with van der Waals surface area (Å²) in [7, 11) is 0. The third-order valence-corrected chi connectivity index (χ3v) is 5.77. The average molecular weight is 341 g/mol. The Labute approximate surface area is 147 Å². The zero-order valence-electron chi connectivity index (χ0n) is 14.8. The van der Waals surface area contributed by atoms with Crippen LogP contribution in [0.15, 0.2) is 24.3 Å². The number of aryl methyl sites for hydroxylation is 1. The fourth-order valence-corrected chi connectivity index (χ4v) is 4.27. The van der Waals surface area contributed by atoms with Gasteiger partial charge < -0.3 is 4.90 Å². The van der Waals surface area contributed by atoms with E-state index in [-0.39, 0.29) is 23.7 Å². The van der Waals surface area contributed by atoms with Crippen LogP contribution < -0.4 is 0 Å². The van der Waals surface area contributed by atoms with Crippen LogP contribution in [0.5, 0.6) is 0 Å². The lowest BCUT2D eigenvalue weighted by Gasteiger charge is -2.23. The summed E-state index contributed by atoms with van der Waals surface area (Å²) in [4.78, 5) is 15.0. The smallest absolute Gasteiger partial charge is 0.274 e. The third kappa shape index (κ3) is 2.96. The quantitative estimate of drug-likeness (QED) is 0.905. The minimum atomic E-state index is -0.222. The number of amides is 1. The molecular formula is C20H24FN3O. The summed E-state index contributed by atoms with van der Waals surface area (Å²) in [5.74, 6) is 0.663. The van der Waals surface area contributed by atoms with Crippen LogP contribution in [0.1, 0.15) is 59.9 Å². The molecule has 1 saturated heterocycles. The van der Waals surface area contributed by atoms with Crippen molar-refractivity contribution in [2.45, 2.75) is 51.5 Å². The zero-order chi connectivity index (χ0) is 17.6. The second-order valence-corrected chi connectivity index (χ2v) is 7.67. The lowest BCUT2D eigenvalue weighted by Crippen LogP contribution is -2.35. The zero-order valence-corrected chi connectivity index (χ0v) is 14.8. The van der Waals surface area contributed by atoms with Crippen molar-refractivity contribution in [2.24, 2.45) is 5.92 Å². The minimum absolute atomic E-state index is 0.0312. The number of nitrogens with zero attached hydrogens (tertiary/aromatic N) is 2. The van der Waals surface area contributed by atoms with Crippen LogP contribution >= 0.6 is 0 Å². The van der Waals surface area contributed by atoms with E-state index >= 15 is 0 Å². The summed E-state index contributed by atoms with van der Waals surface area (Å²) in [6.45, 7) is 4.99. The Morgan fingerprint density at radius 1 is 1.28 bits per heavy atom. The first kappa shape index (κ1) is 16.3. The highest BCUT2D eigenvalue weighted by Crippen LogP contribution is 2.34. The minimum Gasteiger partial charge on any atom is -0.334 e. The number of nitrogens with one attached hydrogen (secondary N) is 1. The number of carbonyl (C=O) groups excluding carboxylic acids is 1. The first-order valence-electron chi connectivity index (χ1n) is 9.15. The number of aromatic amines is 1. The maximum absolute atomic E-state index is 13.2. The normalized spacial score (nSPS) is 25.9. The molecule has 0 radical (unpaired) electrons. The monoisotopic (exact) mass is 341 g/mol. The standard InChI is InChI=1S/C20H24FN3O/c1-12-3-8-18-17(9-12)19(23-22-18)20(25)24-11-15(10-13(24)2)14-4-6-16(21)7-5-14/h4-7,12-13,15H,3,8-11H2,1-2H3,(H,22,23). The van der Waals surface area contributed by atoms with E-state index in [1.165, 1.54) is 12.1 Å². The number of hydrogen-bond acceptors (Lipinski definition) is 2. The first-order valence-corrected chi connectivity index (χ1v) is 9.15. The topological polar surface area (TPSA) is 49.0 Å². The molecule has 1 aliphatic heterocycles. The van der Waals surface area contributed by atoms with Crippen molar-refractivity contribution < 1.29 is 9.18 Å². The summed E-state index contributed by atoms with van der Waals surface area (Å²) in [5.41, 5.74) is 3.94. The van der Waals surface area contributed by atoms with Crippen LogP contribution in [0.25, 0.3) is 0 Å². The van der Waals surface area contributed by atoms with E-state index in [2.05, 4.69) is 24.0 Å². The van der Waals surface area contributed by atoms with Crippen molar-refractivity contribution in [1.29, 1.82) is 0 Å². The molecule has 1 aliphatic carbocycles. The molecular weight excluding hydrogens is 317 g/mol. The number of likely N-dealkylation sites (tertiary alicyclic amines) is 1. The molecule has 132 valence electrons. The molecule has 25 heavy (non-hydrogen) atoms. The number of benzene rings is 1. The summed E-state index contributed by atoms with van der Waals surface area (Å²) in [5, 5.41) is 7.43. The van der Waals surface area contributed by atoms with Crippen LogP contribution in [-0.2, 0) is 12.8 Å². The Morgan fingerprint density at radius 3 is 2.80 bits per heavy atom. The van der Waals surface area contributed by atoms with Gasteiger partial charge in [-0.25, -0.2) is 4.39 Å². The number of hydrogen-bond donors (Lipinski definition) is 1. The largest absolute Gasteiger partial charge is 0.334 e. The molecule has 5 heteroatoms.